The molecule has 12 heavy (non-hydrogen) atoms. The lowest BCUT2D eigenvalue weighted by Gasteiger charge is -2.08. The number of hydrogen-bond donors (Lipinski definition) is 1. The predicted molar refractivity (Wildman–Crippen MR) is 43.9 cm³/mol. The van der Waals surface area contributed by atoms with Crippen molar-refractivity contribution in [1.29, 1.82) is 0 Å². The number of hydrogen-bond acceptors (Lipinski definition) is 3. The fourth-order valence-corrected chi connectivity index (χ4v) is 1.64. The van der Waals surface area contributed by atoms with Crippen molar-refractivity contribution in [3.05, 3.63) is 23.2 Å². The van der Waals surface area contributed by atoms with Crippen LogP contribution >= 0.6 is 0 Å². The van der Waals surface area contributed by atoms with Crippen LogP contribution in [0.1, 0.15) is 34.5 Å². The van der Waals surface area contributed by atoms with Crippen LogP contribution in [-0.4, -0.2) is 5.78 Å². The van der Waals surface area contributed by atoms with Crippen LogP contribution in [0.25, 0.3) is 0 Å². The minimum atomic E-state index is 0.186. The molecule has 1 aromatic heterocycles. The van der Waals surface area contributed by atoms with Gasteiger partial charge in [-0.1, -0.05) is 0 Å². The average molecular weight is 165 g/mol. The first-order valence-corrected chi connectivity index (χ1v) is 4.15. The van der Waals surface area contributed by atoms with E-state index in [4.69, 9.17) is 10.2 Å². The molecule has 1 aromatic rings. The number of Topliss-reactive ketones (excluding diaryl/α,β-unsaturated/α-hetero) is 1. The fourth-order valence-electron chi connectivity index (χ4n) is 1.64. The molecule has 1 heterocycles. The Labute approximate surface area is 70.5 Å². The quantitative estimate of drug-likeness (QED) is 0.681. The first-order chi connectivity index (χ1) is 5.83. The molecule has 0 saturated heterocycles. The molecule has 0 radical (unpaired) electrons. The summed E-state index contributed by atoms with van der Waals surface area (Å²) in [4.78, 5) is 11.4. The van der Waals surface area contributed by atoms with Gasteiger partial charge in [0.25, 0.3) is 0 Å². The van der Waals surface area contributed by atoms with E-state index < -0.39 is 0 Å². The monoisotopic (exact) mass is 165 g/mol. The van der Waals surface area contributed by atoms with Gasteiger partial charge in [-0.2, -0.15) is 0 Å². The predicted octanol–water partition coefficient (Wildman–Crippen LogP) is 1.26. The number of carbonyl (C=O) groups excluding carboxylic acids is 1. The number of ketones is 1. The maximum absolute atomic E-state index is 11.4. The third kappa shape index (κ3) is 0.975. The highest BCUT2D eigenvalue weighted by molar-refractivity contribution is 5.99. The van der Waals surface area contributed by atoms with Gasteiger partial charge in [-0.25, -0.2) is 0 Å². The summed E-state index contributed by atoms with van der Waals surface area (Å²) in [5.74, 6) is 1.01. The molecule has 0 fully saturated rings. The van der Waals surface area contributed by atoms with Gasteiger partial charge in [0.15, 0.2) is 5.78 Å². The van der Waals surface area contributed by atoms with Crippen LogP contribution < -0.4 is 5.73 Å². The summed E-state index contributed by atoms with van der Waals surface area (Å²) in [6.07, 6.45) is 4.03. The van der Waals surface area contributed by atoms with Crippen LogP contribution in [0.3, 0.4) is 0 Å². The molecule has 1 aliphatic carbocycles. The van der Waals surface area contributed by atoms with E-state index in [0.29, 0.717) is 13.0 Å². The van der Waals surface area contributed by atoms with Gasteiger partial charge in [-0.05, 0) is 6.42 Å². The van der Waals surface area contributed by atoms with Crippen LogP contribution in [0.2, 0.25) is 0 Å². The Morgan fingerprint density at radius 1 is 1.50 bits per heavy atom. The smallest absolute Gasteiger partial charge is 0.166 e. The van der Waals surface area contributed by atoms with E-state index >= 15 is 0 Å². The Hall–Kier alpha value is -1.09. The van der Waals surface area contributed by atoms with Gasteiger partial charge >= 0.3 is 0 Å². The van der Waals surface area contributed by atoms with E-state index in [0.717, 1.165) is 29.7 Å². The zero-order chi connectivity index (χ0) is 8.55. The molecule has 0 aromatic carbocycles. The number of nitrogens with two attached hydrogens (primary N) is 1. The zero-order valence-electron chi connectivity index (χ0n) is 6.80. The molecule has 2 rings (SSSR count). The zero-order valence-corrected chi connectivity index (χ0v) is 6.80. The molecule has 3 heteroatoms. The molecule has 1 aliphatic rings. The Balaban J connectivity index is 2.50. The molecular weight excluding hydrogens is 154 g/mol. The Morgan fingerprint density at radius 3 is 3.08 bits per heavy atom. The molecule has 0 atom stereocenters. The van der Waals surface area contributed by atoms with Gasteiger partial charge in [0, 0.05) is 24.9 Å². The van der Waals surface area contributed by atoms with Gasteiger partial charge in [-0.15, -0.1) is 0 Å². The molecule has 0 bridgehead atoms. The molecule has 0 saturated carbocycles. The fraction of sp³-hybridized carbons (Fsp3) is 0.444. The topological polar surface area (TPSA) is 56.2 Å². The van der Waals surface area contributed by atoms with Crippen LogP contribution in [0, 0.1) is 0 Å². The number of rotatable bonds is 1. The molecular formula is C9H11NO2. The van der Waals surface area contributed by atoms with Gasteiger partial charge in [-0.3, -0.25) is 4.79 Å². The number of fused-ring (bicyclic) bond motifs is 1. The maximum Gasteiger partial charge on any atom is 0.166 e. The number of carbonyl (C=O) groups is 1. The van der Waals surface area contributed by atoms with Crippen LogP contribution in [0.15, 0.2) is 10.7 Å². The standard InChI is InChI=1S/C9H11NO2/c10-4-6-5-12-8-3-1-2-7(11)9(6)8/h5H,1-4,10H2. The van der Waals surface area contributed by atoms with Crippen LogP contribution in [-0.2, 0) is 13.0 Å². The molecule has 0 amide bonds. The highest BCUT2D eigenvalue weighted by atomic mass is 16.3. The van der Waals surface area contributed by atoms with E-state index in [1.165, 1.54) is 0 Å². The van der Waals surface area contributed by atoms with E-state index in [1.807, 2.05) is 0 Å². The van der Waals surface area contributed by atoms with E-state index in [1.54, 1.807) is 6.26 Å². The summed E-state index contributed by atoms with van der Waals surface area (Å²) in [5, 5.41) is 0. The number of aryl methyl sites for hydroxylation is 1. The highest BCUT2D eigenvalue weighted by Crippen LogP contribution is 2.25. The van der Waals surface area contributed by atoms with E-state index in [-0.39, 0.29) is 5.78 Å². The van der Waals surface area contributed by atoms with Crippen molar-refractivity contribution in [2.45, 2.75) is 25.8 Å². The lowest BCUT2D eigenvalue weighted by molar-refractivity contribution is 0.0968. The summed E-state index contributed by atoms with van der Waals surface area (Å²) in [7, 11) is 0. The lowest BCUT2D eigenvalue weighted by Crippen LogP contribution is -2.11. The van der Waals surface area contributed by atoms with Crippen molar-refractivity contribution in [2.75, 3.05) is 0 Å². The molecule has 0 aliphatic heterocycles. The van der Waals surface area contributed by atoms with Gasteiger partial charge < -0.3 is 10.2 Å². The van der Waals surface area contributed by atoms with Crippen molar-refractivity contribution in [3.8, 4) is 0 Å². The molecule has 3 nitrogen and oxygen atoms in total. The third-order valence-electron chi connectivity index (χ3n) is 2.25. The largest absolute Gasteiger partial charge is 0.468 e. The second-order valence-electron chi connectivity index (χ2n) is 3.04. The maximum atomic E-state index is 11.4. The van der Waals surface area contributed by atoms with E-state index in [9.17, 15) is 4.79 Å². The summed E-state index contributed by atoms with van der Waals surface area (Å²) in [6.45, 7) is 0.393. The summed E-state index contributed by atoms with van der Waals surface area (Å²) < 4.78 is 5.25. The van der Waals surface area contributed by atoms with Crippen LogP contribution in [0.5, 0.6) is 0 Å². The van der Waals surface area contributed by atoms with Crippen molar-refractivity contribution < 1.29 is 9.21 Å². The van der Waals surface area contributed by atoms with Crippen molar-refractivity contribution >= 4 is 5.78 Å². The minimum Gasteiger partial charge on any atom is -0.468 e. The molecule has 0 unspecified atom stereocenters. The molecule has 64 valence electrons. The summed E-state index contributed by atoms with van der Waals surface area (Å²) in [5.41, 5.74) is 7.08. The summed E-state index contributed by atoms with van der Waals surface area (Å²) >= 11 is 0. The summed E-state index contributed by atoms with van der Waals surface area (Å²) in [6, 6.07) is 0. The second-order valence-corrected chi connectivity index (χ2v) is 3.04. The van der Waals surface area contributed by atoms with Crippen molar-refractivity contribution in [2.24, 2.45) is 5.73 Å². The highest BCUT2D eigenvalue weighted by Gasteiger charge is 2.23. The third-order valence-corrected chi connectivity index (χ3v) is 2.25. The Bertz CT molecular complexity index is 301. The first-order valence-electron chi connectivity index (χ1n) is 4.15. The molecule has 2 N–H and O–H groups in total. The second kappa shape index (κ2) is 2.75. The van der Waals surface area contributed by atoms with Crippen molar-refractivity contribution in [3.63, 3.8) is 0 Å². The van der Waals surface area contributed by atoms with Gasteiger partial charge in [0.2, 0.25) is 0 Å². The SMILES string of the molecule is NCc1coc2c1C(=O)CCC2. The number of furan rings is 1. The van der Waals surface area contributed by atoms with Crippen molar-refractivity contribution in [1.82, 2.24) is 0 Å². The Morgan fingerprint density at radius 2 is 2.33 bits per heavy atom. The average Bonchev–Trinajstić information content (AvgIpc) is 2.49. The van der Waals surface area contributed by atoms with Crippen LogP contribution in [0.4, 0.5) is 0 Å². The Kier molecular flexibility index (Phi) is 1.73. The normalized spacial score (nSPS) is 16.2. The lowest BCUT2D eigenvalue weighted by atomic mass is 9.94. The van der Waals surface area contributed by atoms with Gasteiger partial charge in [0.05, 0.1) is 11.8 Å². The first kappa shape index (κ1) is 7.55. The van der Waals surface area contributed by atoms with E-state index in [2.05, 4.69) is 0 Å². The van der Waals surface area contributed by atoms with Gasteiger partial charge in [0.1, 0.15) is 5.76 Å². The minimum absolute atomic E-state index is 0.186. The molecule has 0 spiro atoms.